The van der Waals surface area contributed by atoms with E-state index in [1.165, 1.54) is 20.3 Å². The summed E-state index contributed by atoms with van der Waals surface area (Å²) in [5, 5.41) is 0. The predicted octanol–water partition coefficient (Wildman–Crippen LogP) is 2.18. The van der Waals surface area contributed by atoms with Crippen molar-refractivity contribution in [3.8, 4) is 0 Å². The highest BCUT2D eigenvalue weighted by Gasteiger charge is 2.67. The molecule has 9 rings (SSSR count). The lowest BCUT2D eigenvalue weighted by Gasteiger charge is -2.45. The van der Waals surface area contributed by atoms with Crippen LogP contribution >= 0.6 is 0 Å². The van der Waals surface area contributed by atoms with Crippen molar-refractivity contribution < 1.29 is 38.2 Å². The van der Waals surface area contributed by atoms with Crippen LogP contribution in [0.25, 0.3) is 0 Å². The summed E-state index contributed by atoms with van der Waals surface area (Å²) in [4.78, 5) is 83.0. The summed E-state index contributed by atoms with van der Waals surface area (Å²) < 4.78 is 10.1. The van der Waals surface area contributed by atoms with Crippen molar-refractivity contribution in [1.29, 1.82) is 0 Å². The third-order valence-electron chi connectivity index (χ3n) is 10.3. The van der Waals surface area contributed by atoms with Crippen molar-refractivity contribution in [2.75, 3.05) is 24.0 Å². The molecule has 2 saturated carbocycles. The number of rotatable bonds is 4. The number of imide groups is 2. The normalized spacial score (nSPS) is 38.6. The Kier molecular flexibility index (Phi) is 5.12. The Hall–Kier alpha value is -4.08. The van der Waals surface area contributed by atoms with Crippen molar-refractivity contribution >= 4 is 46.9 Å². The number of hydrogen-bond acceptors (Lipinski definition) is 8. The molecule has 8 atom stereocenters. The summed E-state index contributed by atoms with van der Waals surface area (Å²) in [5.41, 5.74) is -1.95. The molecule has 10 heteroatoms. The quantitative estimate of drug-likeness (QED) is 0.321. The molecule has 4 amide bonds. The van der Waals surface area contributed by atoms with Gasteiger partial charge in [-0.15, -0.1) is 0 Å². The van der Waals surface area contributed by atoms with Crippen LogP contribution in [-0.2, 0) is 38.2 Å². The number of amides is 4. The third kappa shape index (κ3) is 2.83. The fraction of sp³-hybridized carbons (Fsp3) is 0.467. The molecular weight excluding hydrogens is 516 g/mol. The maximum Gasteiger partial charge on any atom is 0.316 e. The highest BCUT2D eigenvalue weighted by atomic mass is 16.5. The summed E-state index contributed by atoms with van der Waals surface area (Å²) in [7, 11) is 2.55. The summed E-state index contributed by atoms with van der Waals surface area (Å²) >= 11 is 0. The Balaban J connectivity index is 1.25. The first-order valence-corrected chi connectivity index (χ1v) is 13.6. The number of carbonyl (C=O) groups excluding carboxylic acids is 6. The number of allylic oxidation sites excluding steroid dienone is 2. The molecule has 4 bridgehead atoms. The van der Waals surface area contributed by atoms with E-state index >= 15 is 0 Å². The molecule has 0 N–H and O–H groups in total. The Morgan fingerprint density at radius 1 is 0.725 bits per heavy atom. The number of anilines is 2. The van der Waals surface area contributed by atoms with Crippen LogP contribution in [0.1, 0.15) is 25.7 Å². The molecule has 6 aliphatic carbocycles. The maximum atomic E-state index is 13.8. The average Bonchev–Trinajstić information content (AvgIpc) is 3.44. The van der Waals surface area contributed by atoms with Gasteiger partial charge in [0.05, 0.1) is 60.1 Å². The second-order valence-electron chi connectivity index (χ2n) is 11.7. The van der Waals surface area contributed by atoms with Crippen LogP contribution in [0.2, 0.25) is 0 Å². The zero-order valence-corrected chi connectivity index (χ0v) is 22.1. The first-order valence-electron chi connectivity index (χ1n) is 13.6. The fourth-order valence-corrected chi connectivity index (χ4v) is 8.46. The summed E-state index contributed by atoms with van der Waals surface area (Å²) in [6.45, 7) is 0. The minimum atomic E-state index is -1.20. The van der Waals surface area contributed by atoms with E-state index in [-0.39, 0.29) is 23.2 Å². The summed E-state index contributed by atoms with van der Waals surface area (Å²) in [6, 6.07) is 6.23. The van der Waals surface area contributed by atoms with Gasteiger partial charge in [-0.3, -0.25) is 28.8 Å². The molecule has 40 heavy (non-hydrogen) atoms. The maximum absolute atomic E-state index is 13.8. The van der Waals surface area contributed by atoms with Gasteiger partial charge in [0, 0.05) is 0 Å². The average molecular weight is 545 g/mol. The third-order valence-corrected chi connectivity index (χ3v) is 10.3. The minimum Gasteiger partial charge on any atom is -0.468 e. The van der Waals surface area contributed by atoms with Crippen LogP contribution in [-0.4, -0.2) is 49.8 Å². The zero-order chi connectivity index (χ0) is 28.1. The van der Waals surface area contributed by atoms with Gasteiger partial charge in [0.25, 0.3) is 0 Å². The van der Waals surface area contributed by atoms with E-state index < -0.39 is 70.1 Å². The second-order valence-corrected chi connectivity index (χ2v) is 11.7. The molecule has 2 heterocycles. The van der Waals surface area contributed by atoms with Gasteiger partial charge in [0.15, 0.2) is 0 Å². The number of benzene rings is 1. The minimum absolute atomic E-state index is 0.163. The largest absolute Gasteiger partial charge is 0.468 e. The topological polar surface area (TPSA) is 127 Å². The summed E-state index contributed by atoms with van der Waals surface area (Å²) in [5.74, 6) is -6.33. The van der Waals surface area contributed by atoms with E-state index in [0.717, 1.165) is 9.80 Å². The molecule has 8 aliphatic rings. The predicted molar refractivity (Wildman–Crippen MR) is 138 cm³/mol. The number of esters is 2. The molecule has 0 aromatic heterocycles. The number of methoxy groups -OCH3 is 2. The Labute approximate surface area is 229 Å². The molecule has 0 unspecified atom stereocenters. The smallest absolute Gasteiger partial charge is 0.316 e. The van der Waals surface area contributed by atoms with Crippen molar-refractivity contribution in [2.24, 2.45) is 46.3 Å². The molecule has 206 valence electrons. The lowest BCUT2D eigenvalue weighted by molar-refractivity contribution is -0.161. The molecule has 0 radical (unpaired) electrons. The lowest BCUT2D eigenvalue weighted by Crippen LogP contribution is -2.51. The van der Waals surface area contributed by atoms with Gasteiger partial charge < -0.3 is 9.47 Å². The van der Waals surface area contributed by atoms with Gasteiger partial charge in [-0.05, 0) is 55.7 Å². The van der Waals surface area contributed by atoms with Crippen LogP contribution in [0, 0.1) is 46.3 Å². The zero-order valence-electron chi connectivity index (χ0n) is 22.1. The molecule has 2 saturated heterocycles. The monoisotopic (exact) mass is 544 g/mol. The van der Waals surface area contributed by atoms with Gasteiger partial charge in [0.2, 0.25) is 23.6 Å². The first kappa shape index (κ1) is 24.9. The van der Waals surface area contributed by atoms with Crippen molar-refractivity contribution in [1.82, 2.24) is 0 Å². The van der Waals surface area contributed by atoms with Crippen LogP contribution in [0.5, 0.6) is 0 Å². The van der Waals surface area contributed by atoms with Gasteiger partial charge in [-0.2, -0.15) is 0 Å². The van der Waals surface area contributed by atoms with Crippen LogP contribution < -0.4 is 9.80 Å². The van der Waals surface area contributed by atoms with Gasteiger partial charge >= 0.3 is 11.9 Å². The molecule has 1 aromatic carbocycles. The molecular formula is C30H28N2O8. The number of hydrogen-bond donors (Lipinski definition) is 0. The molecule has 1 aromatic rings. The van der Waals surface area contributed by atoms with Crippen LogP contribution in [0.4, 0.5) is 11.4 Å². The molecule has 0 spiro atoms. The standard InChI is InChI=1S/C30H28N2O8/c1-39-27(37)29-10-6-15(7-11-29)19-21(29)25(35)31(23(19)33)17-4-3-5-18(14-17)32-24(34)20-16-8-12-30(13-9-16,28(38)40-2)22(20)26(32)36/h3-6,8,10,12,14-16,19-22H,7,9,11,13H2,1-2H3/t15-,16-,19-,20+,21+,22-,29-,30+/m0/s1. The van der Waals surface area contributed by atoms with Crippen molar-refractivity contribution in [3.05, 3.63) is 48.6 Å². The summed E-state index contributed by atoms with van der Waals surface area (Å²) in [6.07, 6.45) is 9.17. The first-order chi connectivity index (χ1) is 19.2. The SMILES string of the molecule is COC(=O)[C@]12C=C[C@@H](CC1)[C@H]1C(=O)N(c3cccc(N4C(=O)[C@H]5[C@H]6C=C[C@](C(=O)OC)(CC6)[C@H]5C4=O)c3)C(=O)[C@H]12. The molecule has 2 aliphatic heterocycles. The van der Waals surface area contributed by atoms with E-state index in [2.05, 4.69) is 0 Å². The Bertz CT molecular complexity index is 1370. The number of ether oxygens (including phenoxy) is 2. The van der Waals surface area contributed by atoms with Gasteiger partial charge in [-0.1, -0.05) is 30.4 Å². The van der Waals surface area contributed by atoms with E-state index in [1.54, 1.807) is 30.4 Å². The van der Waals surface area contributed by atoms with Gasteiger partial charge in [0.1, 0.15) is 0 Å². The fourth-order valence-electron chi connectivity index (χ4n) is 8.46. The van der Waals surface area contributed by atoms with Crippen molar-refractivity contribution in [2.45, 2.75) is 25.7 Å². The van der Waals surface area contributed by atoms with Crippen LogP contribution in [0.15, 0.2) is 48.6 Å². The van der Waals surface area contributed by atoms with Crippen molar-refractivity contribution in [3.63, 3.8) is 0 Å². The number of nitrogens with zero attached hydrogens (tertiary/aromatic N) is 2. The van der Waals surface area contributed by atoms with Gasteiger partial charge in [-0.25, -0.2) is 9.80 Å². The molecule has 4 fully saturated rings. The Morgan fingerprint density at radius 2 is 1.15 bits per heavy atom. The van der Waals surface area contributed by atoms with E-state index in [9.17, 15) is 28.8 Å². The highest BCUT2D eigenvalue weighted by Crippen LogP contribution is 2.59. The van der Waals surface area contributed by atoms with E-state index in [4.69, 9.17) is 9.47 Å². The molecule has 10 nitrogen and oxygen atoms in total. The van der Waals surface area contributed by atoms with Crippen LogP contribution in [0.3, 0.4) is 0 Å². The van der Waals surface area contributed by atoms with E-state index in [0.29, 0.717) is 25.7 Å². The highest BCUT2D eigenvalue weighted by molar-refractivity contribution is 6.26. The van der Waals surface area contributed by atoms with E-state index in [1.807, 2.05) is 12.2 Å². The Morgan fingerprint density at radius 3 is 1.50 bits per heavy atom. The number of carbonyl (C=O) groups is 6. The second kappa shape index (κ2) is 8.22. The lowest BCUT2D eigenvalue weighted by atomic mass is 9.55. The number of fused-ring (bicyclic) bond motifs is 2.